The molecule has 0 fully saturated rings. The van der Waals surface area contributed by atoms with E-state index in [0.29, 0.717) is 13.1 Å². The molecular weight excluding hydrogens is 168 g/mol. The molecule has 0 aliphatic carbocycles. The summed E-state index contributed by atoms with van der Waals surface area (Å²) in [7, 11) is 0. The molecule has 0 aromatic heterocycles. The molecule has 13 heavy (non-hydrogen) atoms. The Balaban J connectivity index is 4.43. The molecule has 0 saturated carbocycles. The quantitative estimate of drug-likeness (QED) is 0.495. The van der Waals surface area contributed by atoms with Gasteiger partial charge in [0.2, 0.25) is 5.91 Å². The van der Waals surface area contributed by atoms with Crippen LogP contribution in [0.25, 0.3) is 0 Å². The molecule has 0 radical (unpaired) electrons. The van der Waals surface area contributed by atoms with E-state index in [1.807, 2.05) is 6.92 Å². The maximum absolute atomic E-state index is 11.2. The molecule has 0 saturated heterocycles. The predicted octanol–water partition coefficient (Wildman–Crippen LogP) is 0.0832. The van der Waals surface area contributed by atoms with Crippen molar-refractivity contribution in [1.29, 1.82) is 5.26 Å². The number of nitrogens with zero attached hydrogens (tertiary/aromatic N) is 3. The third kappa shape index (κ3) is 3.56. The maximum atomic E-state index is 11.2. The van der Waals surface area contributed by atoms with Crippen LogP contribution in [-0.4, -0.2) is 29.9 Å². The molecule has 0 spiro atoms. The van der Waals surface area contributed by atoms with Crippen molar-refractivity contribution in [3.63, 3.8) is 0 Å². The SMILES string of the molecule is CCN=C(N)N(CC)C(=O)CC#N. The van der Waals surface area contributed by atoms with Gasteiger partial charge in [0, 0.05) is 13.1 Å². The Morgan fingerprint density at radius 2 is 2.23 bits per heavy atom. The fraction of sp³-hybridized carbons (Fsp3) is 0.625. The van der Waals surface area contributed by atoms with Crippen molar-refractivity contribution in [1.82, 2.24) is 4.90 Å². The van der Waals surface area contributed by atoms with Gasteiger partial charge >= 0.3 is 0 Å². The average Bonchev–Trinajstić information content (AvgIpc) is 2.06. The van der Waals surface area contributed by atoms with Gasteiger partial charge in [-0.3, -0.25) is 14.7 Å². The normalized spacial score (nSPS) is 10.7. The minimum Gasteiger partial charge on any atom is -0.369 e. The smallest absolute Gasteiger partial charge is 0.243 e. The zero-order chi connectivity index (χ0) is 10.3. The van der Waals surface area contributed by atoms with Gasteiger partial charge in [-0.2, -0.15) is 5.26 Å². The molecule has 0 aromatic rings. The van der Waals surface area contributed by atoms with Gasteiger partial charge < -0.3 is 5.73 Å². The molecule has 5 nitrogen and oxygen atoms in total. The van der Waals surface area contributed by atoms with Crippen molar-refractivity contribution >= 4 is 11.9 Å². The highest BCUT2D eigenvalue weighted by molar-refractivity contribution is 5.96. The maximum Gasteiger partial charge on any atom is 0.243 e. The van der Waals surface area contributed by atoms with Gasteiger partial charge in [-0.1, -0.05) is 0 Å². The van der Waals surface area contributed by atoms with Crippen molar-refractivity contribution in [2.75, 3.05) is 13.1 Å². The first-order valence-corrected chi connectivity index (χ1v) is 4.14. The largest absolute Gasteiger partial charge is 0.369 e. The Morgan fingerprint density at radius 1 is 1.62 bits per heavy atom. The summed E-state index contributed by atoms with van der Waals surface area (Å²) in [5.41, 5.74) is 5.52. The molecule has 0 heterocycles. The molecule has 72 valence electrons. The topological polar surface area (TPSA) is 82.5 Å². The first-order valence-electron chi connectivity index (χ1n) is 4.14. The van der Waals surface area contributed by atoms with Gasteiger partial charge in [-0.05, 0) is 13.8 Å². The lowest BCUT2D eigenvalue weighted by molar-refractivity contribution is -0.126. The summed E-state index contributed by atoms with van der Waals surface area (Å²) in [5.74, 6) is -0.120. The number of hydrogen-bond acceptors (Lipinski definition) is 3. The van der Waals surface area contributed by atoms with E-state index in [9.17, 15) is 4.79 Å². The standard InChI is InChI=1S/C8H14N4O/c1-3-11-8(10)12(4-2)7(13)5-6-9/h3-5H2,1-2H3,(H2,10,11). The Hall–Kier alpha value is -1.57. The number of aliphatic imine (C=N–C) groups is 1. The van der Waals surface area contributed by atoms with Crippen LogP contribution < -0.4 is 5.73 Å². The average molecular weight is 182 g/mol. The Kier molecular flexibility index (Phi) is 5.28. The van der Waals surface area contributed by atoms with Crippen LogP contribution in [0, 0.1) is 11.3 Å². The minimum atomic E-state index is -0.306. The van der Waals surface area contributed by atoms with Gasteiger partial charge in [-0.25, -0.2) is 0 Å². The van der Waals surface area contributed by atoms with E-state index >= 15 is 0 Å². The summed E-state index contributed by atoms with van der Waals surface area (Å²) in [6, 6.07) is 1.78. The van der Waals surface area contributed by atoms with Crippen molar-refractivity contribution in [3.8, 4) is 6.07 Å². The zero-order valence-corrected chi connectivity index (χ0v) is 7.95. The number of carbonyl (C=O) groups is 1. The highest BCUT2D eigenvalue weighted by atomic mass is 16.2. The van der Waals surface area contributed by atoms with Gasteiger partial charge in [0.15, 0.2) is 5.96 Å². The Bertz CT molecular complexity index is 241. The molecule has 0 aliphatic rings. The summed E-state index contributed by atoms with van der Waals surface area (Å²) in [5, 5.41) is 8.31. The van der Waals surface area contributed by atoms with E-state index in [2.05, 4.69) is 4.99 Å². The van der Waals surface area contributed by atoms with Gasteiger partial charge in [0.05, 0.1) is 6.07 Å². The number of hydrogen-bond donors (Lipinski definition) is 1. The third-order valence-electron chi connectivity index (χ3n) is 1.44. The lowest BCUT2D eigenvalue weighted by atomic mass is 10.4. The number of rotatable bonds is 3. The lowest BCUT2D eigenvalue weighted by Crippen LogP contribution is -2.41. The minimum absolute atomic E-state index is 0.159. The summed E-state index contributed by atoms with van der Waals surface area (Å²) < 4.78 is 0. The van der Waals surface area contributed by atoms with Gasteiger partial charge in [-0.15, -0.1) is 0 Å². The summed E-state index contributed by atoms with van der Waals surface area (Å²) in [4.78, 5) is 16.4. The van der Waals surface area contributed by atoms with Crippen LogP contribution in [0.3, 0.4) is 0 Å². The molecule has 0 atom stereocenters. The van der Waals surface area contributed by atoms with E-state index in [4.69, 9.17) is 11.0 Å². The van der Waals surface area contributed by atoms with E-state index in [0.717, 1.165) is 0 Å². The predicted molar refractivity (Wildman–Crippen MR) is 49.8 cm³/mol. The second-order valence-electron chi connectivity index (χ2n) is 2.31. The Labute approximate surface area is 77.8 Å². The summed E-state index contributed by atoms with van der Waals surface area (Å²) in [6.07, 6.45) is -0.159. The zero-order valence-electron chi connectivity index (χ0n) is 7.95. The van der Waals surface area contributed by atoms with Crippen LogP contribution in [0.4, 0.5) is 0 Å². The van der Waals surface area contributed by atoms with Crippen LogP contribution >= 0.6 is 0 Å². The molecule has 5 heteroatoms. The van der Waals surface area contributed by atoms with Crippen molar-refractivity contribution in [3.05, 3.63) is 0 Å². The summed E-state index contributed by atoms with van der Waals surface area (Å²) in [6.45, 7) is 4.58. The molecule has 0 aliphatic heterocycles. The highest BCUT2D eigenvalue weighted by Gasteiger charge is 2.13. The molecular formula is C8H14N4O. The first kappa shape index (κ1) is 11.4. The second-order valence-corrected chi connectivity index (χ2v) is 2.31. The van der Waals surface area contributed by atoms with Crippen molar-refractivity contribution in [2.45, 2.75) is 20.3 Å². The van der Waals surface area contributed by atoms with Crippen LogP contribution in [-0.2, 0) is 4.79 Å². The second kappa shape index (κ2) is 6.00. The lowest BCUT2D eigenvalue weighted by Gasteiger charge is -2.17. The first-order chi connectivity index (χ1) is 6.17. The van der Waals surface area contributed by atoms with E-state index in [1.54, 1.807) is 13.0 Å². The van der Waals surface area contributed by atoms with Crippen molar-refractivity contribution < 1.29 is 4.79 Å². The summed E-state index contributed by atoms with van der Waals surface area (Å²) >= 11 is 0. The number of amides is 1. The number of nitrogens with two attached hydrogens (primary N) is 1. The Morgan fingerprint density at radius 3 is 2.62 bits per heavy atom. The molecule has 1 amide bonds. The fourth-order valence-electron chi connectivity index (χ4n) is 0.877. The van der Waals surface area contributed by atoms with Crippen LogP contribution in [0.15, 0.2) is 4.99 Å². The molecule has 0 rings (SSSR count). The van der Waals surface area contributed by atoms with Crippen LogP contribution in [0.5, 0.6) is 0 Å². The molecule has 0 aromatic carbocycles. The molecule has 0 unspecified atom stereocenters. The van der Waals surface area contributed by atoms with E-state index in [1.165, 1.54) is 4.90 Å². The number of guanidine groups is 1. The fourth-order valence-corrected chi connectivity index (χ4v) is 0.877. The highest BCUT2D eigenvalue weighted by Crippen LogP contribution is 1.93. The van der Waals surface area contributed by atoms with Crippen LogP contribution in [0.1, 0.15) is 20.3 Å². The van der Waals surface area contributed by atoms with E-state index < -0.39 is 0 Å². The third-order valence-corrected chi connectivity index (χ3v) is 1.44. The molecule has 0 bridgehead atoms. The number of nitriles is 1. The van der Waals surface area contributed by atoms with Crippen LogP contribution in [0.2, 0.25) is 0 Å². The van der Waals surface area contributed by atoms with Gasteiger partial charge in [0.25, 0.3) is 0 Å². The van der Waals surface area contributed by atoms with E-state index in [-0.39, 0.29) is 18.3 Å². The monoisotopic (exact) mass is 182 g/mol. The molecule has 2 N–H and O–H groups in total. The van der Waals surface area contributed by atoms with Gasteiger partial charge in [0.1, 0.15) is 6.42 Å². The number of carbonyl (C=O) groups excluding carboxylic acids is 1. The van der Waals surface area contributed by atoms with Crippen molar-refractivity contribution in [2.24, 2.45) is 10.7 Å².